The Bertz CT molecular complexity index is 1260. The molecular weight excluding hydrogens is 420 g/mol. The van der Waals surface area contributed by atoms with Crippen LogP contribution in [0.15, 0.2) is 42.7 Å². The van der Waals surface area contributed by atoms with Crippen molar-refractivity contribution in [2.45, 2.75) is 39.3 Å². The van der Waals surface area contributed by atoms with Crippen LogP contribution in [0.5, 0.6) is 0 Å². The van der Waals surface area contributed by atoms with Gasteiger partial charge in [-0.2, -0.15) is 0 Å². The van der Waals surface area contributed by atoms with Crippen molar-refractivity contribution < 1.29 is 5.11 Å². The van der Waals surface area contributed by atoms with Crippen LogP contribution in [0.4, 0.5) is 11.6 Å². The van der Waals surface area contributed by atoms with Gasteiger partial charge in [-0.25, -0.2) is 15.0 Å². The third kappa shape index (κ3) is 4.21. The summed E-state index contributed by atoms with van der Waals surface area (Å²) in [6, 6.07) is 10.2. The van der Waals surface area contributed by atoms with Crippen molar-refractivity contribution in [2.24, 2.45) is 0 Å². The van der Waals surface area contributed by atoms with Crippen LogP contribution < -0.4 is 5.32 Å². The first-order valence-electron chi connectivity index (χ1n) is 10.9. The highest BCUT2D eigenvalue weighted by Crippen LogP contribution is 2.31. The number of fused-ring (bicyclic) bond motifs is 1. The highest BCUT2D eigenvalue weighted by Gasteiger charge is 2.24. The molecule has 0 spiro atoms. The predicted octanol–water partition coefficient (Wildman–Crippen LogP) is 4.47. The van der Waals surface area contributed by atoms with E-state index in [1.165, 1.54) is 0 Å². The molecule has 1 aliphatic heterocycles. The Morgan fingerprint density at radius 3 is 2.88 bits per heavy atom. The van der Waals surface area contributed by atoms with Crippen LogP contribution in [0, 0.1) is 13.8 Å². The molecule has 8 heteroatoms. The maximum atomic E-state index is 9.62. The standard InChI is InChI=1S/C24H26N6OS/c1-15-7-8-21(27-19(15)13-30-10-4-6-17(30)14-31)29-22-11-18-20(12-26-22)32-24(28-18)23-16(2)5-3-9-25-23/h3,5,7-9,11-12,17,31H,4,6,10,13-14H2,1-2H3,(H,26,27,29)/t17-/m1/s1. The normalized spacial score (nSPS) is 16.7. The molecule has 1 fully saturated rings. The summed E-state index contributed by atoms with van der Waals surface area (Å²) in [4.78, 5) is 21.0. The lowest BCUT2D eigenvalue weighted by Crippen LogP contribution is -2.32. The summed E-state index contributed by atoms with van der Waals surface area (Å²) in [5, 5.41) is 13.9. The van der Waals surface area contributed by atoms with Crippen LogP contribution in [0.25, 0.3) is 20.9 Å². The highest BCUT2D eigenvalue weighted by molar-refractivity contribution is 7.21. The van der Waals surface area contributed by atoms with Gasteiger partial charge in [0.15, 0.2) is 0 Å². The number of aryl methyl sites for hydroxylation is 2. The number of nitrogens with zero attached hydrogens (tertiary/aromatic N) is 5. The number of hydrogen-bond acceptors (Lipinski definition) is 8. The molecule has 0 aromatic carbocycles. The van der Waals surface area contributed by atoms with Gasteiger partial charge in [0, 0.05) is 31.0 Å². The second kappa shape index (κ2) is 8.90. The van der Waals surface area contributed by atoms with Gasteiger partial charge in [0.2, 0.25) is 0 Å². The monoisotopic (exact) mass is 446 g/mol. The topological polar surface area (TPSA) is 87.1 Å². The molecular formula is C24H26N6OS. The third-order valence-corrected chi connectivity index (χ3v) is 7.02. The lowest BCUT2D eigenvalue weighted by molar-refractivity contribution is 0.152. The third-order valence-electron chi connectivity index (χ3n) is 6.01. The van der Waals surface area contributed by atoms with Gasteiger partial charge < -0.3 is 10.4 Å². The fraction of sp³-hybridized carbons (Fsp3) is 0.333. The summed E-state index contributed by atoms with van der Waals surface area (Å²) in [6.07, 6.45) is 5.82. The number of aliphatic hydroxyl groups excluding tert-OH is 1. The smallest absolute Gasteiger partial charge is 0.143 e. The van der Waals surface area contributed by atoms with Crippen molar-refractivity contribution in [3.8, 4) is 10.7 Å². The van der Waals surface area contributed by atoms with E-state index in [2.05, 4.69) is 33.2 Å². The fourth-order valence-electron chi connectivity index (χ4n) is 4.15. The van der Waals surface area contributed by atoms with Crippen LogP contribution >= 0.6 is 11.3 Å². The largest absolute Gasteiger partial charge is 0.395 e. The molecule has 0 aliphatic carbocycles. The van der Waals surface area contributed by atoms with E-state index in [-0.39, 0.29) is 12.6 Å². The van der Waals surface area contributed by atoms with Gasteiger partial charge in [0.25, 0.3) is 0 Å². The molecule has 5 heterocycles. The number of aromatic nitrogens is 4. The van der Waals surface area contributed by atoms with Gasteiger partial charge in [-0.3, -0.25) is 9.88 Å². The van der Waals surface area contributed by atoms with Crippen LogP contribution in [-0.2, 0) is 6.54 Å². The Kier molecular flexibility index (Phi) is 5.82. The van der Waals surface area contributed by atoms with E-state index in [1.54, 1.807) is 17.5 Å². The zero-order valence-electron chi connectivity index (χ0n) is 18.2. The molecule has 1 aliphatic rings. The summed E-state index contributed by atoms with van der Waals surface area (Å²) < 4.78 is 1.03. The molecule has 4 aromatic heterocycles. The summed E-state index contributed by atoms with van der Waals surface area (Å²) in [5.74, 6) is 1.47. The molecule has 7 nitrogen and oxygen atoms in total. The van der Waals surface area contributed by atoms with Crippen molar-refractivity contribution in [3.05, 3.63) is 59.5 Å². The molecule has 0 bridgehead atoms. The van der Waals surface area contributed by atoms with Gasteiger partial charge in [-0.05, 0) is 56.5 Å². The van der Waals surface area contributed by atoms with Gasteiger partial charge in [-0.1, -0.05) is 12.1 Å². The van der Waals surface area contributed by atoms with Gasteiger partial charge >= 0.3 is 0 Å². The molecule has 0 amide bonds. The fourth-order valence-corrected chi connectivity index (χ4v) is 5.13. The molecule has 32 heavy (non-hydrogen) atoms. The second-order valence-corrected chi connectivity index (χ2v) is 9.29. The number of rotatable bonds is 6. The van der Waals surface area contributed by atoms with Crippen LogP contribution in [0.2, 0.25) is 0 Å². The average Bonchev–Trinajstić information content (AvgIpc) is 3.42. The number of thiazole rings is 1. The Morgan fingerprint density at radius 2 is 2.03 bits per heavy atom. The SMILES string of the molecule is Cc1ccc(Nc2cc3nc(-c4ncccc4C)sc3cn2)nc1CN1CCC[C@@H]1CO. The summed E-state index contributed by atoms with van der Waals surface area (Å²) in [5.41, 5.74) is 5.09. The molecule has 5 rings (SSSR count). The minimum absolute atomic E-state index is 0.203. The zero-order chi connectivity index (χ0) is 22.1. The summed E-state index contributed by atoms with van der Waals surface area (Å²) in [7, 11) is 0. The maximum Gasteiger partial charge on any atom is 0.143 e. The molecule has 2 N–H and O–H groups in total. The Morgan fingerprint density at radius 1 is 1.12 bits per heavy atom. The first-order valence-corrected chi connectivity index (χ1v) is 11.7. The minimum Gasteiger partial charge on any atom is -0.395 e. The highest BCUT2D eigenvalue weighted by atomic mass is 32.1. The quantitative estimate of drug-likeness (QED) is 0.452. The Labute approximate surface area is 191 Å². The van der Waals surface area contributed by atoms with E-state index in [1.807, 2.05) is 37.4 Å². The Balaban J connectivity index is 1.38. The molecule has 0 radical (unpaired) electrons. The van der Waals surface area contributed by atoms with Gasteiger partial charge in [0.05, 0.1) is 22.5 Å². The van der Waals surface area contributed by atoms with E-state index in [0.717, 1.165) is 69.5 Å². The van der Waals surface area contributed by atoms with E-state index in [0.29, 0.717) is 5.82 Å². The molecule has 0 unspecified atom stereocenters. The van der Waals surface area contributed by atoms with E-state index < -0.39 is 0 Å². The lowest BCUT2D eigenvalue weighted by Gasteiger charge is -2.23. The first kappa shape index (κ1) is 20.9. The van der Waals surface area contributed by atoms with Crippen LogP contribution in [-0.4, -0.2) is 49.1 Å². The van der Waals surface area contributed by atoms with Crippen molar-refractivity contribution in [1.82, 2.24) is 24.8 Å². The molecule has 1 saturated heterocycles. The van der Waals surface area contributed by atoms with Crippen molar-refractivity contribution in [3.63, 3.8) is 0 Å². The van der Waals surface area contributed by atoms with Gasteiger partial charge in [-0.15, -0.1) is 11.3 Å². The number of nitrogens with one attached hydrogen (secondary N) is 1. The zero-order valence-corrected chi connectivity index (χ0v) is 19.1. The molecule has 4 aromatic rings. The number of likely N-dealkylation sites (tertiary alicyclic amines) is 1. The number of pyridine rings is 3. The maximum absolute atomic E-state index is 9.62. The van der Waals surface area contributed by atoms with Crippen molar-refractivity contribution >= 4 is 33.2 Å². The van der Waals surface area contributed by atoms with Crippen LogP contribution in [0.1, 0.15) is 29.7 Å². The molecule has 164 valence electrons. The van der Waals surface area contributed by atoms with Crippen molar-refractivity contribution in [1.29, 1.82) is 0 Å². The number of anilines is 2. The average molecular weight is 447 g/mol. The Hall–Kier alpha value is -2.94. The second-order valence-electron chi connectivity index (χ2n) is 8.26. The lowest BCUT2D eigenvalue weighted by atomic mass is 10.2. The number of hydrogen-bond donors (Lipinski definition) is 2. The van der Waals surface area contributed by atoms with Crippen molar-refractivity contribution in [2.75, 3.05) is 18.5 Å². The minimum atomic E-state index is 0.203. The van der Waals surface area contributed by atoms with Gasteiger partial charge in [0.1, 0.15) is 22.3 Å². The van der Waals surface area contributed by atoms with E-state index in [4.69, 9.17) is 9.97 Å². The first-order chi connectivity index (χ1) is 15.6. The van der Waals surface area contributed by atoms with Crippen LogP contribution in [0.3, 0.4) is 0 Å². The van der Waals surface area contributed by atoms with E-state index in [9.17, 15) is 5.11 Å². The molecule has 0 saturated carbocycles. The number of aliphatic hydroxyl groups is 1. The summed E-state index contributed by atoms with van der Waals surface area (Å²) >= 11 is 1.60. The molecule has 1 atom stereocenters. The summed E-state index contributed by atoms with van der Waals surface area (Å²) in [6.45, 7) is 6.08. The predicted molar refractivity (Wildman–Crippen MR) is 128 cm³/mol. The van der Waals surface area contributed by atoms with E-state index >= 15 is 0 Å².